The summed E-state index contributed by atoms with van der Waals surface area (Å²) in [7, 11) is 2.72. The summed E-state index contributed by atoms with van der Waals surface area (Å²) in [6.45, 7) is 0. The number of nitrogens with zero attached hydrogens (tertiary/aromatic N) is 1. The van der Waals surface area contributed by atoms with Crippen LogP contribution in [0.4, 0.5) is 4.39 Å². The standard InChI is InChI=1S/C20H15ClFNO4/c1-26-17-8-6-15(22)18(20(17)27-2)19(25)14-10-12(21)5-7-16(14)23-9-3-4-13(23)11-24/h3-11H,1-2H3. The molecule has 0 radical (unpaired) electrons. The number of aldehydes is 1. The quantitative estimate of drug-likeness (QED) is 0.466. The molecule has 5 nitrogen and oxygen atoms in total. The molecule has 0 amide bonds. The van der Waals surface area contributed by atoms with E-state index in [2.05, 4.69) is 0 Å². The fourth-order valence-electron chi connectivity index (χ4n) is 2.86. The van der Waals surface area contributed by atoms with Gasteiger partial charge in [-0.05, 0) is 42.5 Å². The normalized spacial score (nSPS) is 10.5. The van der Waals surface area contributed by atoms with Crippen LogP contribution in [0.5, 0.6) is 11.5 Å². The zero-order valence-corrected chi connectivity index (χ0v) is 15.3. The van der Waals surface area contributed by atoms with E-state index in [0.717, 1.165) is 6.07 Å². The molecule has 0 atom stereocenters. The van der Waals surface area contributed by atoms with Gasteiger partial charge in [-0.25, -0.2) is 4.39 Å². The van der Waals surface area contributed by atoms with Crippen LogP contribution in [0.2, 0.25) is 5.02 Å². The molecule has 7 heteroatoms. The lowest BCUT2D eigenvalue weighted by Crippen LogP contribution is -2.12. The van der Waals surface area contributed by atoms with E-state index in [1.807, 2.05) is 0 Å². The van der Waals surface area contributed by atoms with Crippen LogP contribution in [0.15, 0.2) is 48.7 Å². The fourth-order valence-corrected chi connectivity index (χ4v) is 3.03. The monoisotopic (exact) mass is 387 g/mol. The Morgan fingerprint density at radius 2 is 1.93 bits per heavy atom. The van der Waals surface area contributed by atoms with Gasteiger partial charge in [0.25, 0.3) is 0 Å². The molecule has 0 aliphatic rings. The van der Waals surface area contributed by atoms with E-state index >= 15 is 0 Å². The van der Waals surface area contributed by atoms with Gasteiger partial charge in [-0.3, -0.25) is 9.59 Å². The average molecular weight is 388 g/mol. The van der Waals surface area contributed by atoms with Gasteiger partial charge < -0.3 is 14.0 Å². The maximum atomic E-state index is 14.6. The van der Waals surface area contributed by atoms with Crippen molar-refractivity contribution < 1.29 is 23.5 Å². The molecule has 2 aromatic carbocycles. The van der Waals surface area contributed by atoms with Crippen LogP contribution in [-0.2, 0) is 0 Å². The van der Waals surface area contributed by atoms with Gasteiger partial charge in [0, 0.05) is 16.8 Å². The summed E-state index contributed by atoms with van der Waals surface area (Å²) in [5, 5.41) is 0.296. The lowest BCUT2D eigenvalue weighted by Gasteiger charge is -2.16. The highest BCUT2D eigenvalue weighted by molar-refractivity contribution is 6.31. The number of hydrogen-bond acceptors (Lipinski definition) is 4. The van der Waals surface area contributed by atoms with Crippen molar-refractivity contribution in [3.05, 3.63) is 76.3 Å². The summed E-state index contributed by atoms with van der Waals surface area (Å²) in [6, 6.07) is 10.4. The molecule has 0 saturated carbocycles. The predicted octanol–water partition coefficient (Wildman–Crippen LogP) is 4.33. The topological polar surface area (TPSA) is 57.5 Å². The first kappa shape index (κ1) is 18.7. The number of hydrogen-bond donors (Lipinski definition) is 0. The van der Waals surface area contributed by atoms with Crippen molar-refractivity contribution in [3.8, 4) is 17.2 Å². The molecular weight excluding hydrogens is 373 g/mol. The van der Waals surface area contributed by atoms with Crippen molar-refractivity contribution in [2.45, 2.75) is 0 Å². The van der Waals surface area contributed by atoms with Crippen LogP contribution in [0.25, 0.3) is 5.69 Å². The maximum Gasteiger partial charge on any atom is 0.202 e. The van der Waals surface area contributed by atoms with E-state index in [4.69, 9.17) is 21.1 Å². The molecule has 1 aromatic heterocycles. The molecule has 0 bridgehead atoms. The van der Waals surface area contributed by atoms with Crippen molar-refractivity contribution in [2.24, 2.45) is 0 Å². The Bertz CT molecular complexity index is 1030. The number of rotatable bonds is 6. The number of methoxy groups -OCH3 is 2. The molecular formula is C20H15ClFNO4. The van der Waals surface area contributed by atoms with Gasteiger partial charge in [0.15, 0.2) is 17.8 Å². The van der Waals surface area contributed by atoms with E-state index in [9.17, 15) is 14.0 Å². The SMILES string of the molecule is COc1ccc(F)c(C(=O)c2cc(Cl)ccc2-n2cccc2C=O)c1OC. The Hall–Kier alpha value is -3.12. The van der Waals surface area contributed by atoms with Gasteiger partial charge in [0.2, 0.25) is 5.78 Å². The van der Waals surface area contributed by atoms with Crippen molar-refractivity contribution in [1.29, 1.82) is 0 Å². The Morgan fingerprint density at radius 1 is 1.15 bits per heavy atom. The number of ether oxygens (including phenoxy) is 2. The van der Waals surface area contributed by atoms with Gasteiger partial charge in [0.05, 0.1) is 25.6 Å². The number of benzene rings is 2. The molecule has 0 aliphatic carbocycles. The highest BCUT2D eigenvalue weighted by Gasteiger charge is 2.26. The molecule has 0 N–H and O–H groups in total. The van der Waals surface area contributed by atoms with Crippen molar-refractivity contribution in [3.63, 3.8) is 0 Å². The molecule has 0 spiro atoms. The first-order valence-electron chi connectivity index (χ1n) is 7.89. The van der Waals surface area contributed by atoms with E-state index in [1.54, 1.807) is 30.5 Å². The Morgan fingerprint density at radius 3 is 2.59 bits per heavy atom. The Kier molecular flexibility index (Phi) is 5.28. The summed E-state index contributed by atoms with van der Waals surface area (Å²) in [5.41, 5.74) is 0.567. The zero-order valence-electron chi connectivity index (χ0n) is 14.5. The molecule has 27 heavy (non-hydrogen) atoms. The second kappa shape index (κ2) is 7.63. The Balaban J connectivity index is 2.25. The third-order valence-electron chi connectivity index (χ3n) is 4.09. The van der Waals surface area contributed by atoms with Gasteiger partial charge in [-0.1, -0.05) is 11.6 Å². The van der Waals surface area contributed by atoms with Gasteiger partial charge in [0.1, 0.15) is 11.4 Å². The van der Waals surface area contributed by atoms with Gasteiger partial charge >= 0.3 is 0 Å². The fraction of sp³-hybridized carbons (Fsp3) is 0.100. The van der Waals surface area contributed by atoms with Crippen LogP contribution < -0.4 is 9.47 Å². The molecule has 0 unspecified atom stereocenters. The number of halogens is 2. The van der Waals surface area contributed by atoms with Crippen molar-refractivity contribution in [1.82, 2.24) is 4.57 Å². The third kappa shape index (κ3) is 3.31. The molecule has 0 fully saturated rings. The van der Waals surface area contributed by atoms with Crippen molar-refractivity contribution in [2.75, 3.05) is 14.2 Å². The highest BCUT2D eigenvalue weighted by Crippen LogP contribution is 2.35. The minimum Gasteiger partial charge on any atom is -0.493 e. The van der Waals surface area contributed by atoms with Crippen molar-refractivity contribution >= 4 is 23.7 Å². The summed E-state index contributed by atoms with van der Waals surface area (Å²) in [6.07, 6.45) is 2.29. The van der Waals surface area contributed by atoms with Crippen LogP contribution in [-0.4, -0.2) is 30.9 Å². The molecule has 0 aliphatic heterocycles. The van der Waals surface area contributed by atoms with E-state index < -0.39 is 11.6 Å². The molecule has 1 heterocycles. The zero-order chi connectivity index (χ0) is 19.6. The van der Waals surface area contributed by atoms with Crippen LogP contribution in [0.3, 0.4) is 0 Å². The van der Waals surface area contributed by atoms with Gasteiger partial charge in [-0.15, -0.1) is 0 Å². The second-order valence-electron chi connectivity index (χ2n) is 5.57. The number of ketones is 1. The largest absolute Gasteiger partial charge is 0.493 e. The third-order valence-corrected chi connectivity index (χ3v) is 4.32. The summed E-state index contributed by atoms with van der Waals surface area (Å²) in [5.74, 6) is -1.20. The summed E-state index contributed by atoms with van der Waals surface area (Å²) in [4.78, 5) is 24.5. The van der Waals surface area contributed by atoms with Gasteiger partial charge in [-0.2, -0.15) is 0 Å². The summed E-state index contributed by atoms with van der Waals surface area (Å²) >= 11 is 6.07. The number of aromatic nitrogens is 1. The van der Waals surface area contributed by atoms with Crippen LogP contribution in [0, 0.1) is 5.82 Å². The molecule has 3 rings (SSSR count). The lowest BCUT2D eigenvalue weighted by atomic mass is 9.99. The molecule has 138 valence electrons. The van der Waals surface area contributed by atoms with E-state index in [1.165, 1.54) is 30.9 Å². The smallest absolute Gasteiger partial charge is 0.202 e. The molecule has 0 saturated heterocycles. The van der Waals surface area contributed by atoms with E-state index in [0.29, 0.717) is 22.7 Å². The first-order valence-corrected chi connectivity index (χ1v) is 8.27. The minimum absolute atomic E-state index is 0.0171. The first-order chi connectivity index (χ1) is 13.0. The minimum atomic E-state index is -0.758. The average Bonchev–Trinajstić information content (AvgIpc) is 3.15. The Labute approximate surface area is 159 Å². The number of carbonyl (C=O) groups excluding carboxylic acids is 2. The second-order valence-corrected chi connectivity index (χ2v) is 6.01. The maximum absolute atomic E-state index is 14.6. The lowest BCUT2D eigenvalue weighted by molar-refractivity contribution is 0.103. The number of carbonyl (C=O) groups is 2. The van der Waals surface area contributed by atoms with E-state index in [-0.39, 0.29) is 22.6 Å². The highest BCUT2D eigenvalue weighted by atomic mass is 35.5. The molecule has 3 aromatic rings. The summed E-state index contributed by atoms with van der Waals surface area (Å²) < 4.78 is 26.5. The predicted molar refractivity (Wildman–Crippen MR) is 99.1 cm³/mol. The van der Waals surface area contributed by atoms with Crippen LogP contribution in [0.1, 0.15) is 26.4 Å². The van der Waals surface area contributed by atoms with Crippen LogP contribution >= 0.6 is 11.6 Å².